The van der Waals surface area contributed by atoms with Gasteiger partial charge in [0.2, 0.25) is 0 Å². The van der Waals surface area contributed by atoms with Crippen molar-refractivity contribution in [3.8, 4) is 17.0 Å². The van der Waals surface area contributed by atoms with Crippen LogP contribution in [0.2, 0.25) is 0 Å². The second-order valence-electron chi connectivity index (χ2n) is 5.34. The fraction of sp³-hybridized carbons (Fsp3) is 0.222. The van der Waals surface area contributed by atoms with Crippen molar-refractivity contribution in [3.05, 3.63) is 65.9 Å². The molecule has 118 valence electrons. The average Bonchev–Trinajstić information content (AvgIpc) is 3.00. The molecule has 0 amide bonds. The zero-order valence-electron chi connectivity index (χ0n) is 13.1. The lowest BCUT2D eigenvalue weighted by Gasteiger charge is -2.09. The van der Waals surface area contributed by atoms with Crippen LogP contribution < -0.4 is 10.5 Å². The van der Waals surface area contributed by atoms with Gasteiger partial charge in [0.25, 0.3) is 0 Å². The highest BCUT2D eigenvalue weighted by molar-refractivity contribution is 5.61. The number of nitrogens with zero attached hydrogens (tertiary/aromatic N) is 3. The Hall–Kier alpha value is -2.66. The van der Waals surface area contributed by atoms with E-state index in [0.717, 1.165) is 22.7 Å². The largest absolute Gasteiger partial charge is 0.492 e. The van der Waals surface area contributed by atoms with E-state index < -0.39 is 0 Å². The molecule has 1 aromatic heterocycles. The minimum Gasteiger partial charge on any atom is -0.492 e. The summed E-state index contributed by atoms with van der Waals surface area (Å²) < 4.78 is 7.63. The molecule has 2 aromatic carbocycles. The molecule has 0 fully saturated rings. The molecule has 3 rings (SSSR count). The Bertz CT molecular complexity index is 750. The molecule has 0 aliphatic heterocycles. The van der Waals surface area contributed by atoms with E-state index in [1.54, 1.807) is 0 Å². The van der Waals surface area contributed by atoms with Gasteiger partial charge in [0.1, 0.15) is 18.1 Å². The molecule has 0 saturated carbocycles. The second-order valence-corrected chi connectivity index (χ2v) is 5.34. The van der Waals surface area contributed by atoms with E-state index >= 15 is 0 Å². The molecule has 0 saturated heterocycles. The summed E-state index contributed by atoms with van der Waals surface area (Å²) in [6, 6.07) is 18.1. The fourth-order valence-corrected chi connectivity index (χ4v) is 2.44. The van der Waals surface area contributed by atoms with Crippen LogP contribution in [-0.2, 0) is 13.1 Å². The van der Waals surface area contributed by atoms with Crippen molar-refractivity contribution in [1.82, 2.24) is 15.0 Å². The lowest BCUT2D eigenvalue weighted by Crippen LogP contribution is -2.11. The van der Waals surface area contributed by atoms with E-state index in [0.29, 0.717) is 19.7 Å². The normalized spacial score (nSPS) is 10.7. The minimum absolute atomic E-state index is 0.364. The van der Waals surface area contributed by atoms with Crippen LogP contribution in [0.3, 0.4) is 0 Å². The molecule has 2 N–H and O–H groups in total. The van der Waals surface area contributed by atoms with Crippen molar-refractivity contribution >= 4 is 0 Å². The maximum Gasteiger partial charge on any atom is 0.119 e. The van der Waals surface area contributed by atoms with E-state index in [1.165, 1.54) is 5.56 Å². The number of hydrogen-bond acceptors (Lipinski definition) is 4. The highest BCUT2D eigenvalue weighted by Crippen LogP contribution is 2.21. The number of aromatic nitrogens is 3. The third kappa shape index (κ3) is 3.57. The Morgan fingerprint density at radius 2 is 1.78 bits per heavy atom. The number of benzene rings is 2. The van der Waals surface area contributed by atoms with Gasteiger partial charge in [0.15, 0.2) is 0 Å². The molecule has 5 heteroatoms. The first-order valence-corrected chi connectivity index (χ1v) is 7.65. The summed E-state index contributed by atoms with van der Waals surface area (Å²) in [5, 5.41) is 8.40. The van der Waals surface area contributed by atoms with E-state index in [2.05, 4.69) is 17.2 Å². The van der Waals surface area contributed by atoms with Gasteiger partial charge < -0.3 is 10.5 Å². The SMILES string of the molecule is Cc1ccc(OCCn2nnc(CN)c2-c2ccccc2)cc1. The van der Waals surface area contributed by atoms with Crippen molar-refractivity contribution in [1.29, 1.82) is 0 Å². The van der Waals surface area contributed by atoms with Gasteiger partial charge in [-0.3, -0.25) is 0 Å². The Kier molecular flexibility index (Phi) is 4.68. The molecule has 5 nitrogen and oxygen atoms in total. The van der Waals surface area contributed by atoms with Gasteiger partial charge in [-0.2, -0.15) is 0 Å². The first-order valence-electron chi connectivity index (χ1n) is 7.65. The fourth-order valence-electron chi connectivity index (χ4n) is 2.44. The van der Waals surface area contributed by atoms with Gasteiger partial charge in [-0.25, -0.2) is 4.68 Å². The first kappa shape index (κ1) is 15.2. The molecule has 0 aliphatic carbocycles. The van der Waals surface area contributed by atoms with Crippen LogP contribution in [0.15, 0.2) is 54.6 Å². The lowest BCUT2D eigenvalue weighted by atomic mass is 10.1. The van der Waals surface area contributed by atoms with Crippen LogP contribution in [0, 0.1) is 6.92 Å². The van der Waals surface area contributed by atoms with Crippen molar-refractivity contribution in [2.75, 3.05) is 6.61 Å². The molecule has 3 aromatic rings. The van der Waals surface area contributed by atoms with Gasteiger partial charge in [-0.1, -0.05) is 53.2 Å². The summed E-state index contributed by atoms with van der Waals surface area (Å²) in [5.41, 5.74) is 9.82. The van der Waals surface area contributed by atoms with Gasteiger partial charge in [-0.05, 0) is 19.1 Å². The van der Waals surface area contributed by atoms with Crippen molar-refractivity contribution in [3.63, 3.8) is 0 Å². The van der Waals surface area contributed by atoms with Crippen molar-refractivity contribution in [2.24, 2.45) is 5.73 Å². The average molecular weight is 308 g/mol. The third-order valence-electron chi connectivity index (χ3n) is 3.64. The quantitative estimate of drug-likeness (QED) is 0.760. The Balaban J connectivity index is 1.73. The standard InChI is InChI=1S/C18H20N4O/c1-14-7-9-16(10-8-14)23-12-11-22-18(17(13-19)20-21-22)15-5-3-2-4-6-15/h2-10H,11-13,19H2,1H3. The highest BCUT2D eigenvalue weighted by atomic mass is 16.5. The van der Waals surface area contributed by atoms with Crippen LogP contribution >= 0.6 is 0 Å². The van der Waals surface area contributed by atoms with E-state index in [4.69, 9.17) is 10.5 Å². The van der Waals surface area contributed by atoms with Crippen molar-refractivity contribution in [2.45, 2.75) is 20.0 Å². The minimum atomic E-state index is 0.364. The molecule has 0 radical (unpaired) electrons. The predicted octanol–water partition coefficient (Wildman–Crippen LogP) is 2.79. The summed E-state index contributed by atoms with van der Waals surface area (Å²) in [4.78, 5) is 0. The second kappa shape index (κ2) is 7.07. The summed E-state index contributed by atoms with van der Waals surface area (Å²) in [6.45, 7) is 3.56. The summed E-state index contributed by atoms with van der Waals surface area (Å²) in [7, 11) is 0. The Morgan fingerprint density at radius 1 is 1.04 bits per heavy atom. The van der Waals surface area contributed by atoms with Gasteiger partial charge in [-0.15, -0.1) is 5.10 Å². The third-order valence-corrected chi connectivity index (χ3v) is 3.64. The number of aryl methyl sites for hydroxylation is 1. The Morgan fingerprint density at radius 3 is 2.48 bits per heavy atom. The lowest BCUT2D eigenvalue weighted by molar-refractivity contribution is 0.290. The van der Waals surface area contributed by atoms with E-state index in [9.17, 15) is 0 Å². The summed E-state index contributed by atoms with van der Waals surface area (Å²) in [5.74, 6) is 0.857. The molecule has 1 heterocycles. The van der Waals surface area contributed by atoms with Crippen LogP contribution in [-0.4, -0.2) is 21.6 Å². The molecule has 0 spiro atoms. The van der Waals surface area contributed by atoms with E-state index in [1.807, 2.05) is 59.3 Å². The van der Waals surface area contributed by atoms with Crippen LogP contribution in [0.4, 0.5) is 0 Å². The number of nitrogens with two attached hydrogens (primary N) is 1. The number of hydrogen-bond donors (Lipinski definition) is 1. The molecular weight excluding hydrogens is 288 g/mol. The summed E-state index contributed by atoms with van der Waals surface area (Å²) >= 11 is 0. The monoisotopic (exact) mass is 308 g/mol. The zero-order chi connectivity index (χ0) is 16.1. The maximum atomic E-state index is 5.79. The number of ether oxygens (including phenoxy) is 1. The molecule has 0 aliphatic rings. The maximum absolute atomic E-state index is 5.79. The topological polar surface area (TPSA) is 66.0 Å². The molecular formula is C18H20N4O. The smallest absolute Gasteiger partial charge is 0.119 e. The molecule has 0 unspecified atom stereocenters. The van der Waals surface area contributed by atoms with Gasteiger partial charge >= 0.3 is 0 Å². The molecule has 23 heavy (non-hydrogen) atoms. The van der Waals surface area contributed by atoms with Crippen LogP contribution in [0.5, 0.6) is 5.75 Å². The molecule has 0 bridgehead atoms. The van der Waals surface area contributed by atoms with E-state index in [-0.39, 0.29) is 0 Å². The molecule has 0 atom stereocenters. The Labute approximate surface area is 135 Å². The van der Waals surface area contributed by atoms with Crippen LogP contribution in [0.1, 0.15) is 11.3 Å². The van der Waals surface area contributed by atoms with Crippen molar-refractivity contribution < 1.29 is 4.74 Å². The highest BCUT2D eigenvalue weighted by Gasteiger charge is 2.13. The van der Waals surface area contributed by atoms with Gasteiger partial charge in [0, 0.05) is 12.1 Å². The zero-order valence-corrected chi connectivity index (χ0v) is 13.1. The number of rotatable bonds is 6. The summed E-state index contributed by atoms with van der Waals surface area (Å²) in [6.07, 6.45) is 0. The van der Waals surface area contributed by atoms with Crippen LogP contribution in [0.25, 0.3) is 11.3 Å². The van der Waals surface area contributed by atoms with Gasteiger partial charge in [0.05, 0.1) is 12.2 Å². The first-order chi connectivity index (χ1) is 11.3. The predicted molar refractivity (Wildman–Crippen MR) is 90.0 cm³/mol.